The van der Waals surface area contributed by atoms with Gasteiger partial charge in [-0.1, -0.05) is 18.5 Å². The molecule has 0 spiro atoms. The number of methoxy groups -OCH3 is 1. The molecule has 1 amide bonds. The molecule has 0 heterocycles. The second-order valence-corrected chi connectivity index (χ2v) is 5.66. The monoisotopic (exact) mass is 333 g/mol. The van der Waals surface area contributed by atoms with E-state index in [1.807, 2.05) is 19.9 Å². The molecule has 0 fully saturated rings. The van der Waals surface area contributed by atoms with Crippen LogP contribution < -0.4 is 5.32 Å². The topological polar surface area (TPSA) is 38.3 Å². The van der Waals surface area contributed by atoms with Gasteiger partial charge < -0.3 is 10.1 Å². The van der Waals surface area contributed by atoms with Crippen LogP contribution in [0.2, 0.25) is 5.02 Å². The molecule has 0 aromatic heterocycles. The lowest BCUT2D eigenvalue weighted by Crippen LogP contribution is -2.17. The molecule has 0 aliphatic heterocycles. The number of benzene rings is 1. The van der Waals surface area contributed by atoms with E-state index in [0.717, 1.165) is 10.0 Å². The summed E-state index contributed by atoms with van der Waals surface area (Å²) in [7, 11) is 1.63. The van der Waals surface area contributed by atoms with Crippen LogP contribution in [-0.2, 0) is 9.53 Å². The van der Waals surface area contributed by atoms with E-state index in [0.29, 0.717) is 23.7 Å². The van der Waals surface area contributed by atoms with Crippen LogP contribution in [0.3, 0.4) is 0 Å². The number of nitrogens with one attached hydrogen (secondary N) is 1. The molecule has 1 rings (SSSR count). The van der Waals surface area contributed by atoms with Crippen LogP contribution in [0.15, 0.2) is 16.6 Å². The summed E-state index contributed by atoms with van der Waals surface area (Å²) in [6, 6.07) is 3.64. The van der Waals surface area contributed by atoms with Crippen molar-refractivity contribution in [2.75, 3.05) is 19.0 Å². The summed E-state index contributed by atoms with van der Waals surface area (Å²) < 4.78 is 5.83. The van der Waals surface area contributed by atoms with Gasteiger partial charge in [0.25, 0.3) is 0 Å². The van der Waals surface area contributed by atoms with Gasteiger partial charge in [-0.25, -0.2) is 0 Å². The molecule has 1 unspecified atom stereocenters. The second-order valence-electron chi connectivity index (χ2n) is 4.39. The number of halogens is 2. The van der Waals surface area contributed by atoms with E-state index in [1.165, 1.54) is 0 Å². The number of carbonyl (C=O) groups is 1. The van der Waals surface area contributed by atoms with Crippen molar-refractivity contribution >= 4 is 39.1 Å². The highest BCUT2D eigenvalue weighted by atomic mass is 79.9. The average molecular weight is 335 g/mol. The minimum Gasteiger partial charge on any atom is -0.384 e. The zero-order chi connectivity index (χ0) is 13.7. The van der Waals surface area contributed by atoms with E-state index in [1.54, 1.807) is 13.2 Å². The predicted molar refractivity (Wildman–Crippen MR) is 78.2 cm³/mol. The van der Waals surface area contributed by atoms with Crippen molar-refractivity contribution in [1.29, 1.82) is 0 Å². The van der Waals surface area contributed by atoms with E-state index >= 15 is 0 Å². The first kappa shape index (κ1) is 15.5. The lowest BCUT2D eigenvalue weighted by atomic mass is 10.1. The fourth-order valence-corrected chi connectivity index (χ4v) is 2.32. The molecule has 0 bridgehead atoms. The predicted octanol–water partition coefficient (Wildman–Crippen LogP) is 4.02. The lowest BCUT2D eigenvalue weighted by Gasteiger charge is -2.12. The summed E-state index contributed by atoms with van der Waals surface area (Å²) in [5.41, 5.74) is 1.66. The van der Waals surface area contributed by atoms with Gasteiger partial charge in [-0.2, -0.15) is 0 Å². The summed E-state index contributed by atoms with van der Waals surface area (Å²) in [6.45, 7) is 4.46. The molecule has 3 nitrogen and oxygen atoms in total. The Morgan fingerprint density at radius 2 is 2.22 bits per heavy atom. The van der Waals surface area contributed by atoms with E-state index in [-0.39, 0.29) is 11.8 Å². The standard InChI is InChI=1S/C13H17BrClNO2/c1-8(7-18-3)4-13(17)16-12-6-11(15)9(2)5-10(12)14/h5-6,8H,4,7H2,1-3H3,(H,16,17). The van der Waals surface area contributed by atoms with Gasteiger partial charge in [0.05, 0.1) is 5.69 Å². The summed E-state index contributed by atoms with van der Waals surface area (Å²) in [6.07, 6.45) is 0.422. The molecule has 18 heavy (non-hydrogen) atoms. The first-order chi connectivity index (χ1) is 8.43. The Morgan fingerprint density at radius 1 is 1.56 bits per heavy atom. The molecule has 0 saturated heterocycles. The highest BCUT2D eigenvalue weighted by Crippen LogP contribution is 2.29. The number of aryl methyl sites for hydroxylation is 1. The molecule has 0 radical (unpaired) electrons. The quantitative estimate of drug-likeness (QED) is 0.883. The molecule has 100 valence electrons. The number of rotatable bonds is 5. The Balaban J connectivity index is 2.67. The first-order valence-corrected chi connectivity index (χ1v) is 6.85. The van der Waals surface area contributed by atoms with Crippen LogP contribution in [-0.4, -0.2) is 19.6 Å². The van der Waals surface area contributed by atoms with E-state index < -0.39 is 0 Å². The molecule has 1 N–H and O–H groups in total. The van der Waals surface area contributed by atoms with Crippen molar-refractivity contribution in [3.8, 4) is 0 Å². The summed E-state index contributed by atoms with van der Waals surface area (Å²) >= 11 is 9.44. The smallest absolute Gasteiger partial charge is 0.224 e. The molecule has 1 aromatic rings. The largest absolute Gasteiger partial charge is 0.384 e. The maximum absolute atomic E-state index is 11.8. The van der Waals surface area contributed by atoms with Crippen molar-refractivity contribution in [1.82, 2.24) is 0 Å². The summed E-state index contributed by atoms with van der Waals surface area (Å²) in [5.74, 6) is 0.148. The van der Waals surface area contributed by atoms with Gasteiger partial charge in [0.15, 0.2) is 0 Å². The molecule has 1 aromatic carbocycles. The Bertz CT molecular complexity index is 437. The molecule has 0 aliphatic rings. The van der Waals surface area contributed by atoms with E-state index in [9.17, 15) is 4.79 Å². The minimum atomic E-state index is -0.0415. The molecular weight excluding hydrogens is 318 g/mol. The van der Waals surface area contributed by atoms with Gasteiger partial charge in [0, 0.05) is 29.6 Å². The SMILES string of the molecule is COCC(C)CC(=O)Nc1cc(Cl)c(C)cc1Br. The van der Waals surface area contributed by atoms with Crippen molar-refractivity contribution in [2.45, 2.75) is 20.3 Å². The van der Waals surface area contributed by atoms with E-state index in [4.69, 9.17) is 16.3 Å². The van der Waals surface area contributed by atoms with Gasteiger partial charge in [-0.3, -0.25) is 4.79 Å². The normalized spacial score (nSPS) is 12.3. The van der Waals surface area contributed by atoms with Gasteiger partial charge in [0.2, 0.25) is 5.91 Å². The van der Waals surface area contributed by atoms with Crippen molar-refractivity contribution in [3.63, 3.8) is 0 Å². The molecule has 0 saturated carbocycles. The van der Waals surface area contributed by atoms with Crippen LogP contribution in [0.1, 0.15) is 18.9 Å². The van der Waals surface area contributed by atoms with Crippen LogP contribution in [0, 0.1) is 12.8 Å². The fraction of sp³-hybridized carbons (Fsp3) is 0.462. The summed E-state index contributed by atoms with van der Waals surface area (Å²) in [4.78, 5) is 11.8. The zero-order valence-corrected chi connectivity index (χ0v) is 13.1. The highest BCUT2D eigenvalue weighted by Gasteiger charge is 2.11. The first-order valence-electron chi connectivity index (χ1n) is 5.68. The highest BCUT2D eigenvalue weighted by molar-refractivity contribution is 9.10. The van der Waals surface area contributed by atoms with Gasteiger partial charge >= 0.3 is 0 Å². The lowest BCUT2D eigenvalue weighted by molar-refractivity contribution is -0.117. The van der Waals surface area contributed by atoms with Crippen molar-refractivity contribution in [3.05, 3.63) is 27.2 Å². The van der Waals surface area contributed by atoms with Crippen LogP contribution >= 0.6 is 27.5 Å². The van der Waals surface area contributed by atoms with E-state index in [2.05, 4.69) is 21.2 Å². The number of hydrogen-bond donors (Lipinski definition) is 1. The third-order valence-electron chi connectivity index (χ3n) is 2.51. The zero-order valence-electron chi connectivity index (χ0n) is 10.7. The Morgan fingerprint density at radius 3 is 2.83 bits per heavy atom. The number of anilines is 1. The number of hydrogen-bond acceptors (Lipinski definition) is 2. The third kappa shape index (κ3) is 4.59. The number of amides is 1. The minimum absolute atomic E-state index is 0.0415. The van der Waals surface area contributed by atoms with Gasteiger partial charge in [-0.05, 0) is 46.5 Å². The van der Waals surface area contributed by atoms with Crippen LogP contribution in [0.25, 0.3) is 0 Å². The summed E-state index contributed by atoms with van der Waals surface area (Å²) in [5, 5.41) is 3.48. The number of ether oxygens (including phenoxy) is 1. The maximum Gasteiger partial charge on any atom is 0.224 e. The average Bonchev–Trinajstić information content (AvgIpc) is 2.26. The fourth-order valence-electron chi connectivity index (χ4n) is 1.60. The molecule has 5 heteroatoms. The molecular formula is C13H17BrClNO2. The van der Waals surface area contributed by atoms with Crippen molar-refractivity contribution in [2.24, 2.45) is 5.92 Å². The Labute approximate surface area is 121 Å². The third-order valence-corrected chi connectivity index (χ3v) is 3.57. The van der Waals surface area contributed by atoms with Crippen LogP contribution in [0.4, 0.5) is 5.69 Å². The van der Waals surface area contributed by atoms with Gasteiger partial charge in [-0.15, -0.1) is 0 Å². The Hall–Kier alpha value is -0.580. The maximum atomic E-state index is 11.8. The number of carbonyl (C=O) groups excluding carboxylic acids is 1. The molecule has 1 atom stereocenters. The van der Waals surface area contributed by atoms with Gasteiger partial charge in [0.1, 0.15) is 0 Å². The Kier molecular flexibility index (Phi) is 6.12. The molecule has 0 aliphatic carbocycles. The second kappa shape index (κ2) is 7.12. The van der Waals surface area contributed by atoms with Crippen molar-refractivity contribution < 1.29 is 9.53 Å². The van der Waals surface area contributed by atoms with Crippen LogP contribution in [0.5, 0.6) is 0 Å².